The SMILES string of the molecule is COCCn1cc(Cl)c2ccc([N+](=O)[O-])cc21. The van der Waals surface area contributed by atoms with E-state index in [4.69, 9.17) is 16.3 Å². The second-order valence-corrected chi connectivity index (χ2v) is 4.03. The van der Waals surface area contributed by atoms with Gasteiger partial charge in [0.2, 0.25) is 0 Å². The molecular weight excluding hydrogens is 244 g/mol. The molecule has 0 aliphatic carbocycles. The summed E-state index contributed by atoms with van der Waals surface area (Å²) in [7, 11) is 1.61. The van der Waals surface area contributed by atoms with E-state index in [1.807, 2.05) is 4.57 Å². The highest BCUT2D eigenvalue weighted by molar-refractivity contribution is 6.35. The smallest absolute Gasteiger partial charge is 0.271 e. The molecule has 5 nitrogen and oxygen atoms in total. The van der Waals surface area contributed by atoms with Crippen LogP contribution in [0.15, 0.2) is 24.4 Å². The summed E-state index contributed by atoms with van der Waals surface area (Å²) in [5, 5.41) is 12.1. The first-order chi connectivity index (χ1) is 8.13. The summed E-state index contributed by atoms with van der Waals surface area (Å²) >= 11 is 6.06. The Balaban J connectivity index is 2.52. The highest BCUT2D eigenvalue weighted by Gasteiger charge is 2.12. The van der Waals surface area contributed by atoms with Gasteiger partial charge in [0.05, 0.1) is 22.1 Å². The molecule has 0 N–H and O–H groups in total. The first-order valence-electron chi connectivity index (χ1n) is 5.05. The highest BCUT2D eigenvalue weighted by atomic mass is 35.5. The molecular formula is C11H11ClN2O3. The Hall–Kier alpha value is -1.59. The minimum atomic E-state index is -0.416. The molecule has 2 aromatic rings. The van der Waals surface area contributed by atoms with Gasteiger partial charge in [-0.1, -0.05) is 11.6 Å². The zero-order valence-corrected chi connectivity index (χ0v) is 9.98. The lowest BCUT2D eigenvalue weighted by Gasteiger charge is -2.03. The van der Waals surface area contributed by atoms with Gasteiger partial charge >= 0.3 is 0 Å². The van der Waals surface area contributed by atoms with E-state index in [-0.39, 0.29) is 5.69 Å². The minimum Gasteiger partial charge on any atom is -0.383 e. The topological polar surface area (TPSA) is 57.3 Å². The summed E-state index contributed by atoms with van der Waals surface area (Å²) in [5.74, 6) is 0. The van der Waals surface area contributed by atoms with Crippen molar-refractivity contribution < 1.29 is 9.66 Å². The van der Waals surface area contributed by atoms with Gasteiger partial charge in [0.15, 0.2) is 0 Å². The maximum Gasteiger partial charge on any atom is 0.271 e. The number of aromatic nitrogens is 1. The van der Waals surface area contributed by atoms with Crippen molar-refractivity contribution in [2.45, 2.75) is 6.54 Å². The maximum atomic E-state index is 10.7. The number of hydrogen-bond donors (Lipinski definition) is 0. The van der Waals surface area contributed by atoms with Gasteiger partial charge < -0.3 is 9.30 Å². The standard InChI is InChI=1S/C11H11ClN2O3/c1-17-5-4-13-7-10(12)9-3-2-8(14(15)16)6-11(9)13/h2-3,6-7H,4-5H2,1H3. The fourth-order valence-corrected chi connectivity index (χ4v) is 2.00. The average molecular weight is 255 g/mol. The summed E-state index contributed by atoms with van der Waals surface area (Å²) in [6, 6.07) is 4.64. The number of nitro benzene ring substituents is 1. The normalized spacial score (nSPS) is 10.9. The number of nitro groups is 1. The van der Waals surface area contributed by atoms with Gasteiger partial charge in [-0.05, 0) is 6.07 Å². The van der Waals surface area contributed by atoms with Crippen molar-refractivity contribution in [3.8, 4) is 0 Å². The van der Waals surface area contributed by atoms with Crippen molar-refractivity contribution >= 4 is 28.2 Å². The third-order valence-corrected chi connectivity index (χ3v) is 2.87. The van der Waals surface area contributed by atoms with Crippen LogP contribution in [0.3, 0.4) is 0 Å². The van der Waals surface area contributed by atoms with Crippen LogP contribution < -0.4 is 0 Å². The van der Waals surface area contributed by atoms with Gasteiger partial charge in [-0.25, -0.2) is 0 Å². The lowest BCUT2D eigenvalue weighted by Crippen LogP contribution is -2.02. The van der Waals surface area contributed by atoms with E-state index >= 15 is 0 Å². The number of non-ortho nitro benzene ring substituents is 1. The average Bonchev–Trinajstić information content (AvgIpc) is 2.63. The van der Waals surface area contributed by atoms with Gasteiger partial charge in [0.25, 0.3) is 5.69 Å². The van der Waals surface area contributed by atoms with Gasteiger partial charge in [0.1, 0.15) is 0 Å². The van der Waals surface area contributed by atoms with Crippen LogP contribution in [0.2, 0.25) is 5.02 Å². The summed E-state index contributed by atoms with van der Waals surface area (Å²) in [6.45, 7) is 1.14. The highest BCUT2D eigenvalue weighted by Crippen LogP contribution is 2.28. The van der Waals surface area contributed by atoms with Crippen LogP contribution in [0.5, 0.6) is 0 Å². The molecule has 0 amide bonds. The Morgan fingerprint density at radius 3 is 2.94 bits per heavy atom. The Labute approximate surface area is 103 Å². The molecule has 0 bridgehead atoms. The molecule has 0 atom stereocenters. The number of nitrogens with zero attached hydrogens (tertiary/aromatic N) is 2. The molecule has 0 radical (unpaired) electrons. The number of rotatable bonds is 4. The van der Waals surface area contributed by atoms with Crippen molar-refractivity contribution in [1.82, 2.24) is 4.57 Å². The molecule has 17 heavy (non-hydrogen) atoms. The lowest BCUT2D eigenvalue weighted by molar-refractivity contribution is -0.384. The summed E-state index contributed by atoms with van der Waals surface area (Å²) in [5.41, 5.74) is 0.812. The maximum absolute atomic E-state index is 10.7. The van der Waals surface area contributed by atoms with Crippen LogP contribution in [0, 0.1) is 10.1 Å². The van der Waals surface area contributed by atoms with Crippen LogP contribution in [0.1, 0.15) is 0 Å². The monoisotopic (exact) mass is 254 g/mol. The number of halogens is 1. The Bertz CT molecular complexity index is 565. The predicted octanol–water partition coefficient (Wildman–Crippen LogP) is 2.85. The third kappa shape index (κ3) is 2.25. The van der Waals surface area contributed by atoms with Crippen LogP contribution in [0.4, 0.5) is 5.69 Å². The van der Waals surface area contributed by atoms with E-state index in [0.717, 1.165) is 10.9 Å². The summed E-state index contributed by atoms with van der Waals surface area (Å²) in [4.78, 5) is 10.3. The second-order valence-electron chi connectivity index (χ2n) is 3.62. The van der Waals surface area contributed by atoms with Crippen molar-refractivity contribution in [1.29, 1.82) is 0 Å². The summed E-state index contributed by atoms with van der Waals surface area (Å²) in [6.07, 6.45) is 1.76. The number of hydrogen-bond acceptors (Lipinski definition) is 3. The molecule has 1 aromatic heterocycles. The van der Waals surface area contributed by atoms with Crippen molar-refractivity contribution in [2.75, 3.05) is 13.7 Å². The van der Waals surface area contributed by atoms with E-state index in [1.165, 1.54) is 12.1 Å². The van der Waals surface area contributed by atoms with Gasteiger partial charge in [-0.3, -0.25) is 10.1 Å². The van der Waals surface area contributed by atoms with Crippen LogP contribution in [-0.2, 0) is 11.3 Å². The van der Waals surface area contributed by atoms with Crippen molar-refractivity contribution in [2.24, 2.45) is 0 Å². The summed E-state index contributed by atoms with van der Waals surface area (Å²) < 4.78 is 6.84. The molecule has 0 aliphatic heterocycles. The molecule has 0 spiro atoms. The van der Waals surface area contributed by atoms with Gasteiger partial charge in [0, 0.05) is 37.4 Å². The number of benzene rings is 1. The molecule has 1 heterocycles. The van der Waals surface area contributed by atoms with Crippen LogP contribution in [0.25, 0.3) is 10.9 Å². The Morgan fingerprint density at radius 1 is 1.53 bits per heavy atom. The fraction of sp³-hybridized carbons (Fsp3) is 0.273. The minimum absolute atomic E-state index is 0.0610. The molecule has 0 saturated heterocycles. The number of fused-ring (bicyclic) bond motifs is 1. The van der Waals surface area contributed by atoms with E-state index in [0.29, 0.717) is 18.2 Å². The largest absolute Gasteiger partial charge is 0.383 e. The second kappa shape index (κ2) is 4.73. The van der Waals surface area contributed by atoms with Crippen LogP contribution in [-0.4, -0.2) is 23.2 Å². The zero-order chi connectivity index (χ0) is 12.4. The molecule has 6 heteroatoms. The molecule has 0 fully saturated rings. The van der Waals surface area contributed by atoms with E-state index in [2.05, 4.69) is 0 Å². The van der Waals surface area contributed by atoms with E-state index in [1.54, 1.807) is 19.4 Å². The molecule has 0 saturated carbocycles. The van der Waals surface area contributed by atoms with Gasteiger partial charge in [-0.15, -0.1) is 0 Å². The fourth-order valence-electron chi connectivity index (χ4n) is 1.72. The molecule has 90 valence electrons. The van der Waals surface area contributed by atoms with Crippen LogP contribution >= 0.6 is 11.6 Å². The lowest BCUT2D eigenvalue weighted by atomic mass is 10.2. The zero-order valence-electron chi connectivity index (χ0n) is 9.22. The Kier molecular flexibility index (Phi) is 3.31. The molecule has 2 rings (SSSR count). The number of methoxy groups -OCH3 is 1. The van der Waals surface area contributed by atoms with Crippen molar-refractivity contribution in [3.05, 3.63) is 39.5 Å². The Morgan fingerprint density at radius 2 is 2.29 bits per heavy atom. The predicted molar refractivity (Wildman–Crippen MR) is 65.5 cm³/mol. The molecule has 1 aromatic carbocycles. The molecule has 0 aliphatic rings. The first kappa shape index (κ1) is 11.9. The van der Waals surface area contributed by atoms with E-state index < -0.39 is 4.92 Å². The number of ether oxygens (including phenoxy) is 1. The van der Waals surface area contributed by atoms with E-state index in [9.17, 15) is 10.1 Å². The van der Waals surface area contributed by atoms with Crippen molar-refractivity contribution in [3.63, 3.8) is 0 Å². The quantitative estimate of drug-likeness (QED) is 0.623. The first-order valence-corrected chi connectivity index (χ1v) is 5.43. The molecule has 0 unspecified atom stereocenters. The third-order valence-electron chi connectivity index (χ3n) is 2.56. The van der Waals surface area contributed by atoms with Gasteiger partial charge in [-0.2, -0.15) is 0 Å².